The maximum absolute atomic E-state index is 14.2. The smallest absolute Gasteiger partial charge is 0.435 e. The monoisotopic (exact) mass is 600 g/mol. The maximum atomic E-state index is 14.2. The van der Waals surface area contributed by atoms with E-state index in [4.69, 9.17) is 44.4 Å². The topological polar surface area (TPSA) is 51.1 Å². The van der Waals surface area contributed by atoms with E-state index in [2.05, 4.69) is 21.3 Å². The van der Waals surface area contributed by atoms with E-state index in [9.17, 15) is 18.0 Å². The molecule has 1 heterocycles. The number of hydrogen-bond donors (Lipinski definition) is 0. The lowest BCUT2D eigenvalue weighted by molar-refractivity contribution is -0.275. The van der Waals surface area contributed by atoms with E-state index in [-0.39, 0.29) is 32.9 Å². The van der Waals surface area contributed by atoms with Crippen molar-refractivity contribution in [2.24, 2.45) is 5.16 Å². The highest BCUT2D eigenvalue weighted by Crippen LogP contribution is 2.50. The zero-order chi connectivity index (χ0) is 25.5. The quantitative estimate of drug-likeness (QED) is 0.262. The lowest BCUT2D eigenvalue weighted by Crippen LogP contribution is -2.42. The first-order valence-electron chi connectivity index (χ1n) is 9.85. The molecule has 0 saturated carbocycles. The van der Waals surface area contributed by atoms with Gasteiger partial charge in [-0.3, -0.25) is 0 Å². The molecule has 1 amide bonds. The highest BCUT2D eigenvalue weighted by atomic mass is 79.9. The number of amides is 1. The van der Waals surface area contributed by atoms with E-state index in [0.717, 1.165) is 12.1 Å². The fraction of sp³-hybridized carbons (Fsp3) is 0.364. The van der Waals surface area contributed by atoms with Crippen molar-refractivity contribution in [3.8, 4) is 0 Å². The van der Waals surface area contributed by atoms with Gasteiger partial charge in [-0.05, 0) is 50.1 Å². The molecule has 2 aromatic carbocycles. The fourth-order valence-electron chi connectivity index (χ4n) is 3.23. The number of oxime groups is 1. The van der Waals surface area contributed by atoms with E-state index in [1.54, 1.807) is 45.0 Å². The Labute approximate surface area is 218 Å². The van der Waals surface area contributed by atoms with Crippen molar-refractivity contribution in [2.45, 2.75) is 51.1 Å². The number of halogens is 7. The number of nitrogens with zero attached hydrogens (tertiary/aromatic N) is 2. The summed E-state index contributed by atoms with van der Waals surface area (Å²) in [6.07, 6.45) is -6.05. The molecule has 0 aliphatic carbocycles. The molecule has 0 spiro atoms. The molecule has 0 radical (unpaired) electrons. The van der Waals surface area contributed by atoms with Gasteiger partial charge >= 0.3 is 12.3 Å². The van der Waals surface area contributed by atoms with Crippen LogP contribution in [0.25, 0.3) is 0 Å². The molecule has 0 fully saturated rings. The van der Waals surface area contributed by atoms with Crippen LogP contribution in [0.1, 0.15) is 43.9 Å². The Kier molecular flexibility index (Phi) is 7.73. The van der Waals surface area contributed by atoms with E-state index in [0.29, 0.717) is 11.1 Å². The second-order valence-corrected chi connectivity index (χ2v) is 10.6. The Balaban J connectivity index is 1.87. The third kappa shape index (κ3) is 5.75. The summed E-state index contributed by atoms with van der Waals surface area (Å²) in [6, 6.07) is 8.73. The van der Waals surface area contributed by atoms with Crippen LogP contribution in [0, 0.1) is 0 Å². The predicted octanol–water partition coefficient (Wildman–Crippen LogP) is 8.28. The van der Waals surface area contributed by atoms with Gasteiger partial charge in [0.1, 0.15) is 5.60 Å². The van der Waals surface area contributed by atoms with Gasteiger partial charge in [-0.2, -0.15) is 13.2 Å². The van der Waals surface area contributed by atoms with Gasteiger partial charge in [0.05, 0.1) is 43.5 Å². The Morgan fingerprint density at radius 1 is 1.18 bits per heavy atom. The van der Waals surface area contributed by atoms with Crippen LogP contribution in [0.5, 0.6) is 0 Å². The molecule has 1 aliphatic rings. The van der Waals surface area contributed by atoms with Crippen LogP contribution in [-0.2, 0) is 21.7 Å². The molecule has 1 aliphatic heterocycles. The van der Waals surface area contributed by atoms with Gasteiger partial charge in [0.2, 0.25) is 0 Å². The minimum atomic E-state index is -4.83. The summed E-state index contributed by atoms with van der Waals surface area (Å²) < 4.78 is 49.2. The van der Waals surface area contributed by atoms with Crippen LogP contribution < -0.4 is 0 Å². The molecule has 0 aromatic heterocycles. The first kappa shape index (κ1) is 26.9. The molecule has 0 saturated heterocycles. The van der Waals surface area contributed by atoms with Crippen molar-refractivity contribution in [1.82, 2.24) is 3.93 Å². The lowest BCUT2D eigenvalue weighted by atomic mass is 9.86. The zero-order valence-electron chi connectivity index (χ0n) is 18.1. The van der Waals surface area contributed by atoms with Crippen molar-refractivity contribution in [3.05, 3.63) is 68.2 Å². The number of hydrogen-bond acceptors (Lipinski definition) is 4. The average Bonchev–Trinajstić information content (AvgIpc) is 3.17. The summed E-state index contributed by atoms with van der Waals surface area (Å²) in [6.45, 7) is 5.30. The summed E-state index contributed by atoms with van der Waals surface area (Å²) in [7, 11) is 0. The number of rotatable bonds is 4. The summed E-state index contributed by atoms with van der Waals surface area (Å²) in [4.78, 5) is 17.2. The lowest BCUT2D eigenvalue weighted by Gasteiger charge is -2.30. The number of benzene rings is 2. The van der Waals surface area contributed by atoms with Gasteiger partial charge in [-0.1, -0.05) is 58.2 Å². The van der Waals surface area contributed by atoms with Crippen molar-refractivity contribution >= 4 is 62.8 Å². The molecule has 5 nitrogen and oxygen atoms in total. The first-order valence-corrected chi connectivity index (χ1v) is 11.7. The maximum Gasteiger partial charge on any atom is 0.435 e. The molecule has 34 heavy (non-hydrogen) atoms. The van der Waals surface area contributed by atoms with Crippen molar-refractivity contribution in [2.75, 3.05) is 0 Å². The fourth-order valence-corrected chi connectivity index (χ4v) is 4.19. The van der Waals surface area contributed by atoms with Crippen LogP contribution in [0.3, 0.4) is 0 Å². The van der Waals surface area contributed by atoms with E-state index in [1.807, 2.05) is 0 Å². The second-order valence-electron chi connectivity index (χ2n) is 8.59. The number of alkyl halides is 3. The molecular weight excluding hydrogens is 584 g/mol. The molecule has 1 unspecified atom stereocenters. The summed E-state index contributed by atoms with van der Waals surface area (Å²) in [5.74, 6) is 0. The third-order valence-electron chi connectivity index (χ3n) is 4.81. The molecule has 184 valence electrons. The largest absolute Gasteiger partial charge is 0.443 e. The predicted molar refractivity (Wildman–Crippen MR) is 129 cm³/mol. The van der Waals surface area contributed by atoms with Crippen LogP contribution in [0.4, 0.5) is 18.0 Å². The summed E-state index contributed by atoms with van der Waals surface area (Å²) in [5.41, 5.74) is -2.68. The highest BCUT2D eigenvalue weighted by molar-refractivity contribution is 9.07. The molecule has 0 N–H and O–H groups in total. The van der Waals surface area contributed by atoms with Crippen LogP contribution in [0.2, 0.25) is 15.1 Å². The van der Waals surface area contributed by atoms with E-state index >= 15 is 0 Å². The second kappa shape index (κ2) is 9.76. The van der Waals surface area contributed by atoms with Crippen LogP contribution in [-0.4, -0.2) is 27.5 Å². The van der Waals surface area contributed by atoms with E-state index < -0.39 is 29.9 Å². The standard InChI is InChI=1S/C22H19BrCl3F3N2O3/c1-20(2,3)33-19(32)31(23)11-12-5-4-6-13(7-12)17-10-21(34-30-17,22(27,28)29)14-8-15(24)18(26)16(25)9-14/h4-9H,10-11H2,1-3H3. The Hall–Kier alpha value is -1.68. The average molecular weight is 603 g/mol. The van der Waals surface area contributed by atoms with E-state index in [1.165, 1.54) is 3.93 Å². The summed E-state index contributed by atoms with van der Waals surface area (Å²) >= 11 is 21.0. The van der Waals surface area contributed by atoms with Crippen molar-refractivity contribution in [1.29, 1.82) is 0 Å². The Bertz CT molecular complexity index is 1120. The Morgan fingerprint density at radius 2 is 1.79 bits per heavy atom. The summed E-state index contributed by atoms with van der Waals surface area (Å²) in [5, 5.41) is 3.43. The minimum Gasteiger partial charge on any atom is -0.443 e. The number of carbonyl (C=O) groups excluding carboxylic acids is 1. The van der Waals surface area contributed by atoms with Gasteiger partial charge in [-0.25, -0.2) is 8.72 Å². The first-order chi connectivity index (χ1) is 15.6. The van der Waals surface area contributed by atoms with Gasteiger partial charge in [0, 0.05) is 12.0 Å². The number of ether oxygens (including phenoxy) is 1. The molecular formula is C22H19BrCl3F3N2O3. The third-order valence-corrected chi connectivity index (χ3v) is 6.55. The van der Waals surface area contributed by atoms with Gasteiger partial charge in [0.15, 0.2) is 0 Å². The van der Waals surface area contributed by atoms with Crippen molar-refractivity contribution in [3.63, 3.8) is 0 Å². The van der Waals surface area contributed by atoms with Crippen LogP contribution >= 0.6 is 51.0 Å². The Morgan fingerprint density at radius 3 is 2.35 bits per heavy atom. The highest BCUT2D eigenvalue weighted by Gasteiger charge is 2.62. The SMILES string of the molecule is CC(C)(C)OC(=O)N(Br)Cc1cccc(C2=NOC(c3cc(Cl)c(Cl)c(Cl)c3)(C(F)(F)F)C2)c1. The van der Waals surface area contributed by atoms with Gasteiger partial charge < -0.3 is 9.57 Å². The minimum absolute atomic E-state index is 0.0550. The molecule has 2 aromatic rings. The van der Waals surface area contributed by atoms with Crippen LogP contribution in [0.15, 0.2) is 41.6 Å². The van der Waals surface area contributed by atoms with Gasteiger partial charge in [-0.15, -0.1) is 0 Å². The van der Waals surface area contributed by atoms with Gasteiger partial charge in [0.25, 0.3) is 5.60 Å². The molecule has 0 bridgehead atoms. The number of carbonyl (C=O) groups is 1. The normalized spacial score (nSPS) is 18.4. The molecule has 12 heteroatoms. The zero-order valence-corrected chi connectivity index (χ0v) is 22.0. The van der Waals surface area contributed by atoms with Crippen molar-refractivity contribution < 1.29 is 27.5 Å². The molecule has 3 rings (SSSR count). The molecule has 1 atom stereocenters.